The molecule has 0 radical (unpaired) electrons. The van der Waals surface area contributed by atoms with Crippen LogP contribution in [0.1, 0.15) is 15.9 Å². The number of nitrogens with zero attached hydrogens (tertiary/aromatic N) is 2. The molecule has 13 rings (SSSR count). The topological polar surface area (TPSA) is 69.1 Å². The number of aromatic nitrogens is 2. The van der Waals surface area contributed by atoms with Crippen LogP contribution in [0.2, 0.25) is 0 Å². The summed E-state index contributed by atoms with van der Waals surface area (Å²) in [6.45, 7) is 6.16. The van der Waals surface area contributed by atoms with E-state index in [0.29, 0.717) is 17.3 Å². The summed E-state index contributed by atoms with van der Waals surface area (Å²) in [4.78, 5) is 20.4. The second kappa shape index (κ2) is 18.9. The Morgan fingerprint density at radius 3 is 1.03 bits per heavy atom. The maximum absolute atomic E-state index is 10.8. The van der Waals surface area contributed by atoms with Crippen LogP contribution in [-0.2, 0) is 0 Å². The van der Waals surface area contributed by atoms with Gasteiger partial charge in [0.1, 0.15) is 17.3 Å². The first-order chi connectivity index (χ1) is 34.8. The molecule has 5 nitrogen and oxygen atoms in total. The van der Waals surface area contributed by atoms with Crippen molar-refractivity contribution in [3.63, 3.8) is 0 Å². The van der Waals surface area contributed by atoms with Crippen molar-refractivity contribution in [3.05, 3.63) is 254 Å². The summed E-state index contributed by atoms with van der Waals surface area (Å²) in [5.41, 5.74) is 6.96. The van der Waals surface area contributed by atoms with Crippen molar-refractivity contribution in [2.24, 2.45) is 0 Å². The number of aldehydes is 1. The molecule has 0 spiro atoms. The van der Waals surface area contributed by atoms with E-state index in [1.165, 1.54) is 32.1 Å². The second-order valence-corrected chi connectivity index (χ2v) is 27.3. The van der Waals surface area contributed by atoms with Crippen LogP contribution in [0.25, 0.3) is 94.3 Å². The fourth-order valence-corrected chi connectivity index (χ4v) is 15.2. The van der Waals surface area contributed by atoms with E-state index in [0.717, 1.165) is 72.1 Å². The van der Waals surface area contributed by atoms with E-state index < -0.39 is 5.31 Å². The van der Waals surface area contributed by atoms with E-state index in [1.807, 2.05) is 78.9 Å². The van der Waals surface area contributed by atoms with Gasteiger partial charge in [0, 0.05) is 38.2 Å². The molecule has 0 atom stereocenters. The standard InChI is InChI=1S/C23H15NO.C22H13NO2.C19H18BrP/c1-2-15-11-13-16(14-12-15)23-24-21-19-9-5-3-7-17(19)18-8-4-6-10-20(18)22(21)25-23;24-13-14-9-11-15(12-10-14)22-23-20-18-7-3-1-5-16(18)17-6-2-4-8-19(17)21(20)25-22;1-21(20,17-11-5-2-6-12-17,18-13-7-3-8-14-18)19-15-9-4-10-16-19/h2-14H,1H2;1-13H;2-16H,1H3. The van der Waals surface area contributed by atoms with Crippen molar-refractivity contribution in [2.45, 2.75) is 0 Å². The Hall–Kier alpha value is -8.28. The smallest absolute Gasteiger partial charge is 0.227 e. The Labute approximate surface area is 419 Å². The van der Waals surface area contributed by atoms with Gasteiger partial charge >= 0.3 is 134 Å². The molecule has 0 amide bonds. The minimum Gasteiger partial charge on any atom is -0.435 e. The van der Waals surface area contributed by atoms with Crippen LogP contribution in [0.5, 0.6) is 0 Å². The predicted molar refractivity (Wildman–Crippen MR) is 304 cm³/mol. The van der Waals surface area contributed by atoms with Crippen molar-refractivity contribution in [1.29, 1.82) is 0 Å². The zero-order valence-electron chi connectivity index (χ0n) is 38.8. The summed E-state index contributed by atoms with van der Waals surface area (Å²) >= 11 is 4.24. The van der Waals surface area contributed by atoms with E-state index in [4.69, 9.17) is 18.8 Å². The number of hydrogen-bond donors (Lipinski definition) is 0. The molecule has 0 aliphatic carbocycles. The molecule has 13 aromatic rings. The fraction of sp³-hybridized carbons (Fsp3) is 0.0156. The molecule has 0 unspecified atom stereocenters. The summed E-state index contributed by atoms with van der Waals surface area (Å²) in [5, 5.41) is 10.5. The van der Waals surface area contributed by atoms with Crippen LogP contribution in [0.4, 0.5) is 0 Å². The number of fused-ring (bicyclic) bond motifs is 12. The van der Waals surface area contributed by atoms with E-state index in [9.17, 15) is 4.79 Å². The SMILES string of the molecule is C=Cc1ccc(-c2nc3c4ccccc4c4ccccc4c3o2)cc1.CP(Br)(c1ccccc1)(c1ccccc1)c1ccccc1.O=Cc1ccc(-c2nc3c4ccccc4c4ccccc4c3o2)cc1. The maximum Gasteiger partial charge on any atom is 0.227 e. The van der Waals surface area contributed by atoms with Gasteiger partial charge in [-0.2, -0.15) is 0 Å². The molecule has 71 heavy (non-hydrogen) atoms. The summed E-state index contributed by atoms with van der Waals surface area (Å²) < 4.78 is 12.4. The van der Waals surface area contributed by atoms with Gasteiger partial charge in [0.2, 0.25) is 11.8 Å². The number of oxazole rings is 2. The molecular weight excluding hydrogens is 956 g/mol. The van der Waals surface area contributed by atoms with Gasteiger partial charge in [-0.15, -0.1) is 0 Å². The summed E-state index contributed by atoms with van der Waals surface area (Å²) in [7, 11) is 0. The molecule has 0 saturated heterocycles. The van der Waals surface area contributed by atoms with Crippen molar-refractivity contribution in [2.75, 3.05) is 6.66 Å². The first kappa shape index (κ1) is 45.2. The van der Waals surface area contributed by atoms with Crippen LogP contribution >= 0.6 is 20.8 Å². The number of carbonyl (C=O) groups excluding carboxylic acids is 1. The van der Waals surface area contributed by atoms with Crippen LogP contribution in [0.15, 0.2) is 252 Å². The molecule has 0 bridgehead atoms. The average Bonchev–Trinajstić information content (AvgIpc) is 4.12. The normalized spacial score (nSPS) is 11.9. The first-order valence-corrected chi connectivity index (χ1v) is 28.1. The first-order valence-electron chi connectivity index (χ1n) is 23.4. The van der Waals surface area contributed by atoms with Crippen molar-refractivity contribution in [3.8, 4) is 22.9 Å². The zero-order valence-corrected chi connectivity index (χ0v) is 41.3. The Morgan fingerprint density at radius 1 is 0.394 bits per heavy atom. The van der Waals surface area contributed by atoms with E-state index in [-0.39, 0.29) is 0 Å². The van der Waals surface area contributed by atoms with Crippen molar-refractivity contribution in [1.82, 2.24) is 9.97 Å². The van der Waals surface area contributed by atoms with Gasteiger partial charge in [-0.1, -0.05) is 134 Å². The maximum atomic E-state index is 10.8. The van der Waals surface area contributed by atoms with Gasteiger partial charge in [-0.25, -0.2) is 9.97 Å². The van der Waals surface area contributed by atoms with Gasteiger partial charge in [-0.3, -0.25) is 4.79 Å². The van der Waals surface area contributed by atoms with Gasteiger partial charge in [0.25, 0.3) is 0 Å². The minimum atomic E-state index is -2.56. The van der Waals surface area contributed by atoms with E-state index in [1.54, 1.807) is 12.1 Å². The molecule has 11 aromatic carbocycles. The van der Waals surface area contributed by atoms with Gasteiger partial charge < -0.3 is 8.83 Å². The Bertz CT molecular complexity index is 3610. The number of hydrogen-bond acceptors (Lipinski definition) is 5. The van der Waals surface area contributed by atoms with Crippen LogP contribution in [0.3, 0.4) is 0 Å². The van der Waals surface area contributed by atoms with Crippen molar-refractivity contribution < 1.29 is 13.6 Å². The van der Waals surface area contributed by atoms with Crippen LogP contribution < -0.4 is 15.9 Å². The van der Waals surface area contributed by atoms with Gasteiger partial charge in [-0.05, 0) is 51.4 Å². The van der Waals surface area contributed by atoms with Gasteiger partial charge in [0.15, 0.2) is 11.2 Å². The quantitative estimate of drug-likeness (QED) is 0.0904. The molecule has 342 valence electrons. The Kier molecular flexibility index (Phi) is 12.0. The molecule has 0 aliphatic rings. The largest absolute Gasteiger partial charge is 0.435 e. The third kappa shape index (κ3) is 8.21. The average molecular weight is 1000 g/mol. The fourth-order valence-electron chi connectivity index (χ4n) is 9.56. The van der Waals surface area contributed by atoms with E-state index in [2.05, 4.69) is 180 Å². The molecule has 2 aromatic heterocycles. The Balaban J connectivity index is 0.000000116. The Morgan fingerprint density at radius 2 is 0.690 bits per heavy atom. The number of rotatable bonds is 7. The monoisotopic (exact) mass is 1000 g/mol. The summed E-state index contributed by atoms with van der Waals surface area (Å²) in [5.74, 6) is 1.21. The molecule has 7 heteroatoms. The van der Waals surface area contributed by atoms with Crippen LogP contribution in [0, 0.1) is 0 Å². The number of halogens is 1. The van der Waals surface area contributed by atoms with Crippen LogP contribution in [-0.4, -0.2) is 22.9 Å². The molecule has 0 aliphatic heterocycles. The molecule has 2 heterocycles. The summed E-state index contributed by atoms with van der Waals surface area (Å²) in [6, 6.07) is 80.8. The number of carbonyl (C=O) groups is 1. The third-order valence-electron chi connectivity index (χ3n) is 13.3. The predicted octanol–water partition coefficient (Wildman–Crippen LogP) is 16.5. The van der Waals surface area contributed by atoms with Crippen molar-refractivity contribution >= 4 is 114 Å². The molecule has 0 N–H and O–H groups in total. The van der Waals surface area contributed by atoms with Gasteiger partial charge in [0.05, 0.1) is 0 Å². The van der Waals surface area contributed by atoms with E-state index >= 15 is 0 Å². The number of benzene rings is 11. The molecule has 0 fully saturated rings. The third-order valence-corrected chi connectivity index (χ3v) is 21.6. The zero-order chi connectivity index (χ0) is 48.4. The molecular formula is C64H46BrN2O3P. The minimum absolute atomic E-state index is 0.564. The second-order valence-electron chi connectivity index (χ2n) is 17.6. The summed E-state index contributed by atoms with van der Waals surface area (Å²) in [6.07, 6.45) is 2.66. The molecule has 0 saturated carbocycles.